The SMILES string of the molecule is COC(=O)C(C)(C)c1ccc(C(=O)Nc2ccccc2C(=O)Nc2ccc(Cl)cn2)cc1. The van der Waals surface area contributed by atoms with Crippen molar-refractivity contribution in [1.29, 1.82) is 0 Å². The number of hydrogen-bond donors (Lipinski definition) is 2. The number of methoxy groups -OCH3 is 1. The Kier molecular flexibility index (Phi) is 6.90. The molecule has 0 radical (unpaired) electrons. The Labute approximate surface area is 190 Å². The van der Waals surface area contributed by atoms with Gasteiger partial charge in [0.15, 0.2) is 0 Å². The van der Waals surface area contributed by atoms with Crippen molar-refractivity contribution in [1.82, 2.24) is 4.98 Å². The van der Waals surface area contributed by atoms with Gasteiger partial charge in [-0.1, -0.05) is 35.9 Å². The number of ether oxygens (including phenoxy) is 1. The van der Waals surface area contributed by atoms with Gasteiger partial charge in [0.1, 0.15) is 5.82 Å². The topological polar surface area (TPSA) is 97.4 Å². The Morgan fingerprint density at radius 2 is 1.59 bits per heavy atom. The monoisotopic (exact) mass is 451 g/mol. The number of carbonyl (C=O) groups excluding carboxylic acids is 3. The lowest BCUT2D eigenvalue weighted by molar-refractivity contribution is -0.146. The molecule has 3 rings (SSSR count). The van der Waals surface area contributed by atoms with Crippen LogP contribution in [0.15, 0.2) is 66.9 Å². The number of para-hydroxylation sites is 1. The highest BCUT2D eigenvalue weighted by Crippen LogP contribution is 2.25. The molecule has 0 aliphatic rings. The Morgan fingerprint density at radius 3 is 2.22 bits per heavy atom. The number of nitrogens with zero attached hydrogens (tertiary/aromatic N) is 1. The van der Waals surface area contributed by atoms with Gasteiger partial charge in [-0.25, -0.2) is 4.98 Å². The zero-order valence-corrected chi connectivity index (χ0v) is 18.6. The van der Waals surface area contributed by atoms with E-state index in [1.54, 1.807) is 74.5 Å². The van der Waals surface area contributed by atoms with Crippen LogP contribution in [0.25, 0.3) is 0 Å². The van der Waals surface area contributed by atoms with Crippen LogP contribution >= 0.6 is 11.6 Å². The minimum Gasteiger partial charge on any atom is -0.468 e. The number of esters is 1. The van der Waals surface area contributed by atoms with E-state index in [9.17, 15) is 14.4 Å². The molecule has 2 N–H and O–H groups in total. The lowest BCUT2D eigenvalue weighted by Gasteiger charge is -2.22. The molecule has 0 spiro atoms. The third-order valence-corrected chi connectivity index (χ3v) is 5.18. The second-order valence-corrected chi connectivity index (χ2v) is 7.95. The third kappa shape index (κ3) is 5.12. The van der Waals surface area contributed by atoms with Gasteiger partial charge in [0.2, 0.25) is 0 Å². The normalized spacial score (nSPS) is 10.9. The third-order valence-electron chi connectivity index (χ3n) is 4.95. The molecule has 0 atom stereocenters. The first-order valence-electron chi connectivity index (χ1n) is 9.74. The number of nitrogens with one attached hydrogen (secondary N) is 2. The van der Waals surface area contributed by atoms with Gasteiger partial charge in [0.05, 0.1) is 28.8 Å². The van der Waals surface area contributed by atoms with Crippen molar-refractivity contribution in [2.75, 3.05) is 17.7 Å². The first-order valence-corrected chi connectivity index (χ1v) is 10.1. The van der Waals surface area contributed by atoms with Gasteiger partial charge in [0.25, 0.3) is 11.8 Å². The lowest BCUT2D eigenvalue weighted by Crippen LogP contribution is -2.30. The Bertz CT molecular complexity index is 1140. The lowest BCUT2D eigenvalue weighted by atomic mass is 9.84. The van der Waals surface area contributed by atoms with Crippen LogP contribution in [0.3, 0.4) is 0 Å². The molecule has 0 unspecified atom stereocenters. The second kappa shape index (κ2) is 9.62. The van der Waals surface area contributed by atoms with Crippen molar-refractivity contribution < 1.29 is 19.1 Å². The number of aromatic nitrogens is 1. The largest absolute Gasteiger partial charge is 0.468 e. The van der Waals surface area contributed by atoms with Gasteiger partial charge in [-0.15, -0.1) is 0 Å². The first-order chi connectivity index (χ1) is 15.2. The van der Waals surface area contributed by atoms with Crippen LogP contribution in [0.2, 0.25) is 5.02 Å². The zero-order chi connectivity index (χ0) is 23.3. The molecule has 0 fully saturated rings. The molecule has 0 saturated carbocycles. The highest BCUT2D eigenvalue weighted by Gasteiger charge is 2.30. The zero-order valence-electron chi connectivity index (χ0n) is 17.8. The fourth-order valence-corrected chi connectivity index (χ4v) is 3.14. The number of anilines is 2. The van der Waals surface area contributed by atoms with E-state index in [1.165, 1.54) is 13.3 Å². The number of benzene rings is 2. The molecule has 1 heterocycles. The fraction of sp³-hybridized carbons (Fsp3) is 0.167. The van der Waals surface area contributed by atoms with E-state index < -0.39 is 17.2 Å². The van der Waals surface area contributed by atoms with Gasteiger partial charge in [-0.05, 0) is 55.8 Å². The van der Waals surface area contributed by atoms with Gasteiger partial charge in [-0.2, -0.15) is 0 Å². The Balaban J connectivity index is 1.76. The minimum absolute atomic E-state index is 0.279. The number of halogens is 1. The summed E-state index contributed by atoms with van der Waals surface area (Å²) in [5.74, 6) is -0.850. The summed E-state index contributed by atoms with van der Waals surface area (Å²) in [6, 6.07) is 16.5. The summed E-state index contributed by atoms with van der Waals surface area (Å²) in [5, 5.41) is 5.89. The van der Waals surface area contributed by atoms with Gasteiger partial charge in [-0.3, -0.25) is 14.4 Å². The summed E-state index contributed by atoms with van der Waals surface area (Å²) >= 11 is 5.82. The van der Waals surface area contributed by atoms with Crippen LogP contribution in [0, 0.1) is 0 Å². The molecule has 0 aliphatic carbocycles. The predicted octanol–water partition coefficient (Wildman–Crippen LogP) is 4.69. The summed E-state index contributed by atoms with van der Waals surface area (Å²) in [5.41, 5.74) is 0.883. The van der Waals surface area contributed by atoms with Crippen LogP contribution in [0.5, 0.6) is 0 Å². The molecule has 32 heavy (non-hydrogen) atoms. The van der Waals surface area contributed by atoms with Crippen molar-refractivity contribution in [2.24, 2.45) is 0 Å². The van der Waals surface area contributed by atoms with Crippen LogP contribution in [0.4, 0.5) is 11.5 Å². The molecule has 7 nitrogen and oxygen atoms in total. The maximum atomic E-state index is 12.8. The molecule has 3 aromatic rings. The van der Waals surface area contributed by atoms with Crippen LogP contribution < -0.4 is 10.6 Å². The highest BCUT2D eigenvalue weighted by molar-refractivity contribution is 6.30. The molecule has 8 heteroatoms. The molecular formula is C24H22ClN3O4. The van der Waals surface area contributed by atoms with Crippen molar-refractivity contribution in [3.8, 4) is 0 Å². The van der Waals surface area contributed by atoms with E-state index in [4.69, 9.17) is 16.3 Å². The van der Waals surface area contributed by atoms with Crippen molar-refractivity contribution in [2.45, 2.75) is 19.3 Å². The maximum Gasteiger partial charge on any atom is 0.315 e. The van der Waals surface area contributed by atoms with Crippen molar-refractivity contribution in [3.05, 3.63) is 88.6 Å². The molecule has 2 aromatic carbocycles. The van der Waals surface area contributed by atoms with Gasteiger partial charge < -0.3 is 15.4 Å². The average Bonchev–Trinajstić information content (AvgIpc) is 2.80. The van der Waals surface area contributed by atoms with Crippen LogP contribution in [-0.4, -0.2) is 29.9 Å². The van der Waals surface area contributed by atoms with Gasteiger partial charge >= 0.3 is 5.97 Å². The second-order valence-electron chi connectivity index (χ2n) is 7.51. The number of hydrogen-bond acceptors (Lipinski definition) is 5. The highest BCUT2D eigenvalue weighted by atomic mass is 35.5. The van der Waals surface area contributed by atoms with E-state index >= 15 is 0 Å². The van der Waals surface area contributed by atoms with Crippen LogP contribution in [-0.2, 0) is 14.9 Å². The van der Waals surface area contributed by atoms with E-state index in [0.717, 1.165) is 5.56 Å². The van der Waals surface area contributed by atoms with Crippen molar-refractivity contribution in [3.63, 3.8) is 0 Å². The molecule has 0 saturated heterocycles. The summed E-state index contributed by atoms with van der Waals surface area (Å²) < 4.78 is 4.84. The number of carbonyl (C=O) groups is 3. The summed E-state index contributed by atoms with van der Waals surface area (Å²) in [6.45, 7) is 3.50. The Hall–Kier alpha value is -3.71. The Morgan fingerprint density at radius 1 is 0.906 bits per heavy atom. The number of pyridine rings is 1. The molecule has 0 aliphatic heterocycles. The van der Waals surface area contributed by atoms with E-state index in [-0.39, 0.29) is 11.5 Å². The number of amides is 2. The van der Waals surface area contributed by atoms with Crippen molar-refractivity contribution >= 4 is 40.9 Å². The molecule has 1 aromatic heterocycles. The maximum absolute atomic E-state index is 12.8. The van der Waals surface area contributed by atoms with E-state index in [0.29, 0.717) is 22.1 Å². The predicted molar refractivity (Wildman–Crippen MR) is 123 cm³/mol. The quantitative estimate of drug-likeness (QED) is 0.530. The standard InChI is InChI=1S/C24H22ClN3O4/c1-24(2,23(31)32-3)16-10-8-15(9-11-16)21(29)27-19-7-5-4-6-18(19)22(30)28-20-13-12-17(25)14-26-20/h4-14H,1-3H3,(H,27,29)(H,26,28,30). The molecular weight excluding hydrogens is 430 g/mol. The molecule has 164 valence electrons. The fourth-order valence-electron chi connectivity index (χ4n) is 3.03. The van der Waals surface area contributed by atoms with Gasteiger partial charge in [0, 0.05) is 11.8 Å². The van der Waals surface area contributed by atoms with E-state index in [2.05, 4.69) is 15.6 Å². The van der Waals surface area contributed by atoms with E-state index in [1.807, 2.05) is 0 Å². The summed E-state index contributed by atoms with van der Waals surface area (Å²) in [4.78, 5) is 41.5. The van der Waals surface area contributed by atoms with Crippen LogP contribution in [0.1, 0.15) is 40.1 Å². The minimum atomic E-state index is -0.843. The first kappa shape index (κ1) is 23.0. The number of rotatable bonds is 6. The molecule has 0 bridgehead atoms. The summed E-state index contributed by atoms with van der Waals surface area (Å²) in [6.07, 6.45) is 1.43. The summed E-state index contributed by atoms with van der Waals surface area (Å²) in [7, 11) is 1.34. The molecule has 2 amide bonds. The average molecular weight is 452 g/mol. The smallest absolute Gasteiger partial charge is 0.315 e.